The maximum Gasteiger partial charge on any atom is 0.0466 e. The summed E-state index contributed by atoms with van der Waals surface area (Å²) in [6.45, 7) is 4.13. The van der Waals surface area contributed by atoms with E-state index >= 15 is 0 Å². The fourth-order valence-corrected chi connectivity index (χ4v) is 2.40. The first-order valence-corrected chi connectivity index (χ1v) is 8.53. The standard InChI is InChI=1S/C18H29ClO/c1-2-3-4-8-15-20-16-9-6-5-7-10-17-11-13-18(19)14-12-17/h11-14H,2-10,15-16H2,1H3. The van der Waals surface area contributed by atoms with Gasteiger partial charge in [-0.3, -0.25) is 0 Å². The van der Waals surface area contributed by atoms with Gasteiger partial charge in [0.05, 0.1) is 0 Å². The van der Waals surface area contributed by atoms with E-state index in [-0.39, 0.29) is 0 Å². The van der Waals surface area contributed by atoms with Crippen molar-refractivity contribution in [3.63, 3.8) is 0 Å². The molecule has 1 rings (SSSR count). The lowest BCUT2D eigenvalue weighted by Crippen LogP contribution is -1.97. The average Bonchev–Trinajstić information content (AvgIpc) is 2.47. The number of benzene rings is 1. The monoisotopic (exact) mass is 296 g/mol. The van der Waals surface area contributed by atoms with Crippen LogP contribution in [0.5, 0.6) is 0 Å². The zero-order valence-electron chi connectivity index (χ0n) is 12.9. The Morgan fingerprint density at radius 2 is 1.40 bits per heavy atom. The van der Waals surface area contributed by atoms with E-state index in [0.717, 1.165) is 24.7 Å². The van der Waals surface area contributed by atoms with E-state index < -0.39 is 0 Å². The highest BCUT2D eigenvalue weighted by molar-refractivity contribution is 6.30. The lowest BCUT2D eigenvalue weighted by molar-refractivity contribution is 0.126. The fraction of sp³-hybridized carbons (Fsp3) is 0.667. The van der Waals surface area contributed by atoms with Gasteiger partial charge in [0.2, 0.25) is 0 Å². The lowest BCUT2D eigenvalue weighted by atomic mass is 10.1. The second-order valence-electron chi connectivity index (χ2n) is 5.46. The molecule has 0 aliphatic carbocycles. The van der Waals surface area contributed by atoms with Gasteiger partial charge in [-0.15, -0.1) is 0 Å². The van der Waals surface area contributed by atoms with Crippen molar-refractivity contribution in [1.82, 2.24) is 0 Å². The highest BCUT2D eigenvalue weighted by Gasteiger charge is 1.95. The van der Waals surface area contributed by atoms with Gasteiger partial charge in [-0.2, -0.15) is 0 Å². The summed E-state index contributed by atoms with van der Waals surface area (Å²) in [6, 6.07) is 8.20. The first-order valence-electron chi connectivity index (χ1n) is 8.15. The van der Waals surface area contributed by atoms with Crippen LogP contribution in [0.2, 0.25) is 5.02 Å². The molecule has 1 aromatic rings. The van der Waals surface area contributed by atoms with Crippen LogP contribution in [0.25, 0.3) is 0 Å². The maximum atomic E-state index is 5.87. The normalized spacial score (nSPS) is 10.9. The quantitative estimate of drug-likeness (QED) is 0.427. The number of ether oxygens (including phenoxy) is 1. The van der Waals surface area contributed by atoms with E-state index in [0.29, 0.717) is 0 Å². The second-order valence-corrected chi connectivity index (χ2v) is 5.90. The first kappa shape index (κ1) is 17.5. The summed E-state index contributed by atoms with van der Waals surface area (Å²) >= 11 is 5.87. The van der Waals surface area contributed by atoms with Gasteiger partial charge in [0, 0.05) is 18.2 Å². The summed E-state index contributed by atoms with van der Waals surface area (Å²) in [5.41, 5.74) is 1.39. The molecule has 0 amide bonds. The van der Waals surface area contributed by atoms with Crippen LogP contribution in [0.3, 0.4) is 0 Å². The number of unbranched alkanes of at least 4 members (excludes halogenated alkanes) is 6. The summed E-state index contributed by atoms with van der Waals surface area (Å²) in [7, 11) is 0. The molecule has 0 fully saturated rings. The van der Waals surface area contributed by atoms with Crippen molar-refractivity contribution in [1.29, 1.82) is 0 Å². The van der Waals surface area contributed by atoms with E-state index in [4.69, 9.17) is 16.3 Å². The van der Waals surface area contributed by atoms with Crippen LogP contribution in [0.4, 0.5) is 0 Å². The first-order chi connectivity index (χ1) is 9.83. The maximum absolute atomic E-state index is 5.87. The van der Waals surface area contributed by atoms with Crippen molar-refractivity contribution >= 4 is 11.6 Å². The van der Waals surface area contributed by atoms with Crippen LogP contribution >= 0.6 is 11.6 Å². The Labute approximate surface area is 129 Å². The topological polar surface area (TPSA) is 9.23 Å². The Bertz CT molecular complexity index is 321. The third-order valence-electron chi connectivity index (χ3n) is 3.56. The van der Waals surface area contributed by atoms with Crippen molar-refractivity contribution in [2.24, 2.45) is 0 Å². The second kappa shape index (κ2) is 12.2. The van der Waals surface area contributed by atoms with Crippen molar-refractivity contribution < 1.29 is 4.74 Å². The number of hydrogen-bond acceptors (Lipinski definition) is 1. The smallest absolute Gasteiger partial charge is 0.0466 e. The summed E-state index contributed by atoms with van der Waals surface area (Å²) in [5.74, 6) is 0. The molecular formula is C18H29ClO. The van der Waals surface area contributed by atoms with Gasteiger partial charge in [-0.05, 0) is 43.4 Å². The van der Waals surface area contributed by atoms with Crippen LogP contribution in [-0.2, 0) is 11.2 Å². The summed E-state index contributed by atoms with van der Waals surface area (Å²) in [5, 5.41) is 0.824. The molecule has 0 saturated heterocycles. The zero-order valence-corrected chi connectivity index (χ0v) is 13.6. The van der Waals surface area contributed by atoms with Gasteiger partial charge in [0.25, 0.3) is 0 Å². The third-order valence-corrected chi connectivity index (χ3v) is 3.81. The molecule has 0 aliphatic rings. The van der Waals surface area contributed by atoms with Crippen LogP contribution < -0.4 is 0 Å². The zero-order chi connectivity index (χ0) is 14.5. The number of aryl methyl sites for hydroxylation is 1. The number of hydrogen-bond donors (Lipinski definition) is 0. The van der Waals surface area contributed by atoms with Gasteiger partial charge in [0.1, 0.15) is 0 Å². The molecule has 0 bridgehead atoms. The number of rotatable bonds is 12. The molecule has 0 unspecified atom stereocenters. The molecule has 0 radical (unpaired) electrons. The summed E-state index contributed by atoms with van der Waals surface area (Å²) < 4.78 is 5.64. The minimum Gasteiger partial charge on any atom is -0.381 e. The van der Waals surface area contributed by atoms with Crippen molar-refractivity contribution in [3.8, 4) is 0 Å². The minimum atomic E-state index is 0.824. The van der Waals surface area contributed by atoms with E-state index in [9.17, 15) is 0 Å². The molecule has 0 aliphatic heterocycles. The predicted octanol–water partition coefficient (Wildman–Crippen LogP) is 6.04. The molecule has 114 valence electrons. The van der Waals surface area contributed by atoms with E-state index in [1.165, 1.54) is 56.9 Å². The van der Waals surface area contributed by atoms with Gasteiger partial charge in [-0.1, -0.05) is 62.8 Å². The van der Waals surface area contributed by atoms with Crippen LogP contribution in [0, 0.1) is 0 Å². The van der Waals surface area contributed by atoms with Crippen LogP contribution in [-0.4, -0.2) is 13.2 Å². The SMILES string of the molecule is CCCCCCOCCCCCCc1ccc(Cl)cc1. The Morgan fingerprint density at radius 1 is 0.800 bits per heavy atom. The minimum absolute atomic E-state index is 0.824. The molecule has 0 atom stereocenters. The molecule has 0 saturated carbocycles. The third kappa shape index (κ3) is 9.39. The summed E-state index contributed by atoms with van der Waals surface area (Å²) in [4.78, 5) is 0. The predicted molar refractivity (Wildman–Crippen MR) is 88.6 cm³/mol. The van der Waals surface area contributed by atoms with Crippen molar-refractivity contribution in [2.45, 2.75) is 64.7 Å². The Hall–Kier alpha value is -0.530. The average molecular weight is 297 g/mol. The van der Waals surface area contributed by atoms with E-state index in [2.05, 4.69) is 19.1 Å². The Kier molecular flexibility index (Phi) is 10.7. The van der Waals surface area contributed by atoms with E-state index in [1.807, 2.05) is 12.1 Å². The lowest BCUT2D eigenvalue weighted by Gasteiger charge is -2.04. The highest BCUT2D eigenvalue weighted by Crippen LogP contribution is 2.12. The largest absolute Gasteiger partial charge is 0.381 e. The Morgan fingerprint density at radius 3 is 2.05 bits per heavy atom. The summed E-state index contributed by atoms with van der Waals surface area (Å²) in [6.07, 6.45) is 11.4. The molecule has 0 N–H and O–H groups in total. The number of halogens is 1. The molecule has 20 heavy (non-hydrogen) atoms. The highest BCUT2D eigenvalue weighted by atomic mass is 35.5. The van der Waals surface area contributed by atoms with Gasteiger partial charge >= 0.3 is 0 Å². The molecule has 1 aromatic carbocycles. The van der Waals surface area contributed by atoms with Gasteiger partial charge in [-0.25, -0.2) is 0 Å². The van der Waals surface area contributed by atoms with E-state index in [1.54, 1.807) is 0 Å². The molecule has 0 aromatic heterocycles. The van der Waals surface area contributed by atoms with Crippen molar-refractivity contribution in [3.05, 3.63) is 34.9 Å². The van der Waals surface area contributed by atoms with Crippen molar-refractivity contribution in [2.75, 3.05) is 13.2 Å². The fourth-order valence-electron chi connectivity index (χ4n) is 2.27. The van der Waals surface area contributed by atoms with Crippen LogP contribution in [0.1, 0.15) is 63.9 Å². The molecule has 2 heteroatoms. The van der Waals surface area contributed by atoms with Gasteiger partial charge < -0.3 is 4.74 Å². The molecule has 0 spiro atoms. The van der Waals surface area contributed by atoms with Gasteiger partial charge in [0.15, 0.2) is 0 Å². The molecule has 0 heterocycles. The Balaban J connectivity index is 1.84. The molecule has 1 nitrogen and oxygen atoms in total. The molecular weight excluding hydrogens is 268 g/mol. The van der Waals surface area contributed by atoms with Crippen LogP contribution in [0.15, 0.2) is 24.3 Å².